The van der Waals surface area contributed by atoms with Gasteiger partial charge in [-0.3, -0.25) is 0 Å². The number of primary sulfonamides is 1. The van der Waals surface area contributed by atoms with E-state index in [1.165, 1.54) is 3.57 Å². The third-order valence-corrected chi connectivity index (χ3v) is 5.02. The minimum absolute atomic E-state index is 0.0676. The zero-order valence-corrected chi connectivity index (χ0v) is 14.8. The van der Waals surface area contributed by atoms with Gasteiger partial charge in [-0.25, -0.2) is 13.6 Å². The van der Waals surface area contributed by atoms with Crippen LogP contribution >= 0.6 is 22.6 Å². The lowest BCUT2D eigenvalue weighted by atomic mass is 10.1. The van der Waals surface area contributed by atoms with Crippen LogP contribution < -0.4 is 10.5 Å². The van der Waals surface area contributed by atoms with E-state index >= 15 is 0 Å². The summed E-state index contributed by atoms with van der Waals surface area (Å²) >= 11 is 2.26. The fourth-order valence-corrected chi connectivity index (χ4v) is 3.25. The number of anilines is 1. The summed E-state index contributed by atoms with van der Waals surface area (Å²) in [5.41, 5.74) is 2.51. The summed E-state index contributed by atoms with van der Waals surface area (Å²) in [5, 5.41) is 8.52. The molecule has 0 aliphatic heterocycles. The number of nitrogens with two attached hydrogens (primary N) is 1. The molecule has 0 saturated heterocycles. The van der Waals surface area contributed by atoms with Crippen LogP contribution in [0.15, 0.2) is 47.4 Å². The summed E-state index contributed by atoms with van der Waals surface area (Å²) in [6.07, 6.45) is 0. The van der Waals surface area contributed by atoms with E-state index in [0.29, 0.717) is 5.56 Å². The Kier molecular flexibility index (Phi) is 4.90. The van der Waals surface area contributed by atoms with Crippen LogP contribution in [0.25, 0.3) is 0 Å². The quantitative estimate of drug-likeness (QED) is 0.751. The maximum Gasteiger partial charge on any atom is 0.238 e. The molecule has 3 N–H and O–H groups in total. The normalized spacial score (nSPS) is 13.0. The van der Waals surface area contributed by atoms with Crippen molar-refractivity contribution in [3.05, 3.63) is 57.2 Å². The van der Waals surface area contributed by atoms with Gasteiger partial charge in [0.1, 0.15) is 0 Å². The third kappa shape index (κ3) is 4.18. The molecule has 0 bridgehead atoms. The van der Waals surface area contributed by atoms with Crippen molar-refractivity contribution in [3.8, 4) is 0 Å². The third-order valence-electron chi connectivity index (χ3n) is 3.25. The second-order valence-corrected chi connectivity index (χ2v) is 7.72. The smallest absolute Gasteiger partial charge is 0.238 e. The first kappa shape index (κ1) is 16.3. The Labute approximate surface area is 138 Å². The van der Waals surface area contributed by atoms with E-state index in [1.54, 1.807) is 19.1 Å². The first-order valence-corrected chi connectivity index (χ1v) is 9.05. The Morgan fingerprint density at radius 3 is 2.33 bits per heavy atom. The molecule has 2 rings (SSSR count). The van der Waals surface area contributed by atoms with Crippen molar-refractivity contribution in [2.75, 3.05) is 5.32 Å². The highest BCUT2D eigenvalue weighted by molar-refractivity contribution is 14.1. The van der Waals surface area contributed by atoms with Crippen molar-refractivity contribution in [2.24, 2.45) is 5.14 Å². The molecule has 0 aliphatic rings. The largest absolute Gasteiger partial charge is 0.378 e. The van der Waals surface area contributed by atoms with E-state index in [9.17, 15) is 8.42 Å². The van der Waals surface area contributed by atoms with Crippen LogP contribution in [-0.4, -0.2) is 8.42 Å². The molecular formula is C15H17IN2O2S. The first-order valence-electron chi connectivity index (χ1n) is 6.43. The number of benzene rings is 2. The summed E-state index contributed by atoms with van der Waals surface area (Å²) in [7, 11) is -3.70. The van der Waals surface area contributed by atoms with Gasteiger partial charge in [-0.15, -0.1) is 0 Å². The van der Waals surface area contributed by atoms with Crippen LogP contribution in [0.5, 0.6) is 0 Å². The van der Waals surface area contributed by atoms with E-state index in [-0.39, 0.29) is 10.9 Å². The number of nitrogens with one attached hydrogen (secondary N) is 1. The van der Waals surface area contributed by atoms with Crippen LogP contribution in [-0.2, 0) is 10.0 Å². The average Bonchev–Trinajstić information content (AvgIpc) is 2.40. The molecule has 0 saturated carbocycles. The topological polar surface area (TPSA) is 72.2 Å². The highest BCUT2D eigenvalue weighted by Gasteiger charge is 2.13. The lowest BCUT2D eigenvalue weighted by Crippen LogP contribution is -2.14. The maximum absolute atomic E-state index is 11.5. The van der Waals surface area contributed by atoms with Crippen molar-refractivity contribution in [3.63, 3.8) is 0 Å². The number of halogens is 1. The minimum atomic E-state index is -3.70. The average molecular weight is 416 g/mol. The molecule has 0 fully saturated rings. The van der Waals surface area contributed by atoms with Gasteiger partial charge in [0.25, 0.3) is 0 Å². The molecular weight excluding hydrogens is 399 g/mol. The first-order chi connectivity index (χ1) is 9.77. The van der Waals surface area contributed by atoms with Crippen LogP contribution in [0.2, 0.25) is 0 Å². The van der Waals surface area contributed by atoms with Gasteiger partial charge in [-0.2, -0.15) is 0 Å². The molecule has 0 amide bonds. The Morgan fingerprint density at radius 2 is 1.76 bits per heavy atom. The predicted molar refractivity (Wildman–Crippen MR) is 93.7 cm³/mol. The summed E-state index contributed by atoms with van der Waals surface area (Å²) in [6, 6.07) is 13.4. The summed E-state index contributed by atoms with van der Waals surface area (Å²) in [6.45, 7) is 3.75. The number of rotatable bonds is 4. The summed E-state index contributed by atoms with van der Waals surface area (Å²) in [5.74, 6) is 0. The molecule has 21 heavy (non-hydrogen) atoms. The minimum Gasteiger partial charge on any atom is -0.378 e. The molecule has 1 atom stereocenters. The molecule has 0 aromatic heterocycles. The SMILES string of the molecule is Cc1ccc(NC(C)c2ccc(I)cc2)cc1S(N)(=O)=O. The van der Waals surface area contributed by atoms with Crippen LogP contribution in [0.1, 0.15) is 24.1 Å². The number of hydrogen-bond donors (Lipinski definition) is 2. The standard InChI is InChI=1S/C15H17IN2O2S/c1-10-3-8-14(9-15(10)21(17,19)20)18-11(2)12-4-6-13(16)7-5-12/h3-9,11,18H,1-2H3,(H2,17,19,20). The Bertz CT molecular complexity index is 743. The zero-order chi connectivity index (χ0) is 15.6. The van der Waals surface area contributed by atoms with Crippen molar-refractivity contribution >= 4 is 38.3 Å². The Morgan fingerprint density at radius 1 is 1.14 bits per heavy atom. The molecule has 112 valence electrons. The molecule has 1 unspecified atom stereocenters. The fourth-order valence-electron chi connectivity index (χ4n) is 2.08. The Balaban J connectivity index is 2.26. The highest BCUT2D eigenvalue weighted by Crippen LogP contribution is 2.24. The van der Waals surface area contributed by atoms with Gasteiger partial charge >= 0.3 is 0 Å². The van der Waals surface area contributed by atoms with E-state index < -0.39 is 10.0 Å². The van der Waals surface area contributed by atoms with Crippen molar-refractivity contribution in [1.82, 2.24) is 0 Å². The predicted octanol–water partition coefficient (Wildman–Crippen LogP) is 3.42. The van der Waals surface area contributed by atoms with Crippen molar-refractivity contribution < 1.29 is 8.42 Å². The van der Waals surface area contributed by atoms with Crippen LogP contribution in [0.3, 0.4) is 0 Å². The highest BCUT2D eigenvalue weighted by atomic mass is 127. The second-order valence-electron chi connectivity index (χ2n) is 4.94. The molecule has 0 radical (unpaired) electrons. The summed E-state index contributed by atoms with van der Waals surface area (Å²) in [4.78, 5) is 0.155. The Hall–Kier alpha value is -1.12. The molecule has 0 aliphatic carbocycles. The lowest BCUT2D eigenvalue weighted by Gasteiger charge is -2.17. The maximum atomic E-state index is 11.5. The van der Waals surface area contributed by atoms with Gasteiger partial charge in [0, 0.05) is 15.3 Å². The number of sulfonamides is 1. The van der Waals surface area contributed by atoms with Gasteiger partial charge in [0.05, 0.1) is 4.90 Å². The van der Waals surface area contributed by atoms with Gasteiger partial charge in [0.2, 0.25) is 10.0 Å². The van der Waals surface area contributed by atoms with Gasteiger partial charge in [0.15, 0.2) is 0 Å². The van der Waals surface area contributed by atoms with Gasteiger partial charge < -0.3 is 5.32 Å². The van der Waals surface area contributed by atoms with Crippen molar-refractivity contribution in [1.29, 1.82) is 0 Å². The molecule has 0 heterocycles. The van der Waals surface area contributed by atoms with Gasteiger partial charge in [-0.05, 0) is 71.8 Å². The molecule has 4 nitrogen and oxygen atoms in total. The number of hydrogen-bond acceptors (Lipinski definition) is 3. The van der Waals surface area contributed by atoms with E-state index in [0.717, 1.165) is 11.3 Å². The van der Waals surface area contributed by atoms with E-state index in [2.05, 4.69) is 27.9 Å². The second kappa shape index (κ2) is 6.33. The van der Waals surface area contributed by atoms with E-state index in [1.807, 2.05) is 37.3 Å². The zero-order valence-electron chi connectivity index (χ0n) is 11.8. The lowest BCUT2D eigenvalue weighted by molar-refractivity contribution is 0.597. The number of aryl methyl sites for hydroxylation is 1. The molecule has 2 aromatic rings. The molecule has 6 heteroatoms. The summed E-state index contributed by atoms with van der Waals surface area (Å²) < 4.78 is 24.3. The monoisotopic (exact) mass is 416 g/mol. The molecule has 0 spiro atoms. The van der Waals surface area contributed by atoms with Gasteiger partial charge in [-0.1, -0.05) is 18.2 Å². The van der Waals surface area contributed by atoms with E-state index in [4.69, 9.17) is 5.14 Å². The fraction of sp³-hybridized carbons (Fsp3) is 0.200. The van der Waals surface area contributed by atoms with Crippen LogP contribution in [0.4, 0.5) is 5.69 Å². The van der Waals surface area contributed by atoms with Crippen molar-refractivity contribution in [2.45, 2.75) is 24.8 Å². The van der Waals surface area contributed by atoms with Crippen LogP contribution in [0, 0.1) is 10.5 Å². The molecule has 2 aromatic carbocycles.